The smallest absolute Gasteiger partial charge is 0.299 e. The summed E-state index contributed by atoms with van der Waals surface area (Å²) in [6.45, 7) is 3.78. The van der Waals surface area contributed by atoms with Gasteiger partial charge in [0.25, 0.3) is 0 Å². The summed E-state index contributed by atoms with van der Waals surface area (Å²) >= 11 is 0. The average molecular weight is 234 g/mol. The highest BCUT2D eigenvalue weighted by Crippen LogP contribution is 2.64. The van der Waals surface area contributed by atoms with Crippen LogP contribution in [0, 0.1) is 16.7 Å². The van der Waals surface area contributed by atoms with Gasteiger partial charge >= 0.3 is 10.2 Å². The molecule has 0 aromatic heterocycles. The molecule has 0 aromatic rings. The van der Waals surface area contributed by atoms with Gasteiger partial charge in [0.2, 0.25) is 0 Å². The number of fused-ring (bicyclic) bond motifs is 2. The Labute approximate surface area is 89.3 Å². The summed E-state index contributed by atoms with van der Waals surface area (Å²) in [4.78, 5) is 11.8. The van der Waals surface area contributed by atoms with Crippen molar-refractivity contribution in [2.45, 2.75) is 33.1 Å². The van der Waals surface area contributed by atoms with E-state index >= 15 is 0 Å². The highest BCUT2D eigenvalue weighted by molar-refractivity contribution is 7.86. The molecule has 0 amide bonds. The van der Waals surface area contributed by atoms with Crippen LogP contribution in [0.1, 0.15) is 33.1 Å². The number of carbonyl (C=O) groups is 1. The molecule has 0 unspecified atom stereocenters. The molecule has 0 N–H and O–H groups in total. The fraction of sp³-hybridized carbons (Fsp3) is 0.900. The van der Waals surface area contributed by atoms with Crippen LogP contribution in [0.4, 0.5) is 3.89 Å². The third-order valence-electron chi connectivity index (χ3n) is 4.56. The van der Waals surface area contributed by atoms with Gasteiger partial charge in [-0.15, -0.1) is 3.89 Å². The molecule has 0 heterocycles. The summed E-state index contributed by atoms with van der Waals surface area (Å²) in [6, 6.07) is 0. The van der Waals surface area contributed by atoms with Crippen LogP contribution in [0.15, 0.2) is 0 Å². The lowest BCUT2D eigenvalue weighted by Crippen LogP contribution is -2.41. The summed E-state index contributed by atoms with van der Waals surface area (Å²) in [5.74, 6) is -0.459. The predicted octanol–water partition coefficient (Wildman–Crippen LogP) is 1.68. The van der Waals surface area contributed by atoms with E-state index < -0.39 is 21.4 Å². The Balaban J connectivity index is 2.45. The van der Waals surface area contributed by atoms with Crippen LogP contribution >= 0.6 is 0 Å². The third-order valence-corrected chi connectivity index (χ3v) is 5.40. The van der Waals surface area contributed by atoms with Crippen molar-refractivity contribution in [3.63, 3.8) is 0 Å². The maximum atomic E-state index is 12.8. The second-order valence-corrected chi connectivity index (χ2v) is 6.72. The molecule has 0 saturated heterocycles. The lowest BCUT2D eigenvalue weighted by atomic mass is 9.70. The summed E-state index contributed by atoms with van der Waals surface area (Å²) in [6.07, 6.45) is 1.78. The van der Waals surface area contributed by atoms with Gasteiger partial charge in [0.05, 0.1) is 11.2 Å². The molecule has 86 valence electrons. The zero-order chi connectivity index (χ0) is 11.5. The lowest BCUT2D eigenvalue weighted by Gasteiger charge is -2.34. The SMILES string of the molecule is CC1(C)[C@H]2CC[C@]1(CS(=O)(=O)F)C(=O)C2. The fourth-order valence-corrected chi connectivity index (χ4v) is 4.67. The quantitative estimate of drug-likeness (QED) is 0.683. The molecule has 2 rings (SSSR count). The van der Waals surface area contributed by atoms with Crippen molar-refractivity contribution < 1.29 is 17.1 Å². The zero-order valence-corrected chi connectivity index (χ0v) is 9.73. The molecule has 2 aliphatic carbocycles. The molecule has 2 aliphatic rings. The van der Waals surface area contributed by atoms with E-state index in [0.29, 0.717) is 12.8 Å². The Morgan fingerprint density at radius 3 is 2.40 bits per heavy atom. The van der Waals surface area contributed by atoms with E-state index in [2.05, 4.69) is 0 Å². The molecule has 0 spiro atoms. The van der Waals surface area contributed by atoms with Crippen LogP contribution in [-0.2, 0) is 15.0 Å². The molecular weight excluding hydrogens is 219 g/mol. The summed E-state index contributed by atoms with van der Waals surface area (Å²) in [7, 11) is -4.58. The van der Waals surface area contributed by atoms with Gasteiger partial charge in [-0.25, -0.2) is 0 Å². The van der Waals surface area contributed by atoms with E-state index in [1.807, 2.05) is 13.8 Å². The van der Waals surface area contributed by atoms with Crippen LogP contribution in [0.3, 0.4) is 0 Å². The standard InChI is InChI=1S/C10H15FO3S/c1-9(2)7-3-4-10(9,8(12)5-7)6-15(11,13)14/h7H,3-6H2,1-2H3/t7-,10-/m0/s1. The first kappa shape index (κ1) is 11.0. The first-order chi connectivity index (χ1) is 6.69. The second kappa shape index (κ2) is 2.81. The monoisotopic (exact) mass is 234 g/mol. The van der Waals surface area contributed by atoms with Crippen LogP contribution < -0.4 is 0 Å². The maximum absolute atomic E-state index is 12.8. The molecule has 2 atom stereocenters. The van der Waals surface area contributed by atoms with Crippen LogP contribution in [0.25, 0.3) is 0 Å². The van der Waals surface area contributed by atoms with Crippen LogP contribution in [0.2, 0.25) is 0 Å². The maximum Gasteiger partial charge on any atom is 0.303 e. The molecule has 0 radical (unpaired) electrons. The van der Waals surface area contributed by atoms with Crippen molar-refractivity contribution in [3.05, 3.63) is 0 Å². The predicted molar refractivity (Wildman–Crippen MR) is 53.5 cm³/mol. The van der Waals surface area contributed by atoms with Crippen LogP contribution in [0.5, 0.6) is 0 Å². The van der Waals surface area contributed by atoms with Gasteiger partial charge in [-0.3, -0.25) is 4.79 Å². The molecule has 2 bridgehead atoms. The molecule has 5 heteroatoms. The summed E-state index contributed by atoms with van der Waals surface area (Å²) < 4.78 is 34.4. The van der Waals surface area contributed by atoms with E-state index in [4.69, 9.17) is 0 Å². The van der Waals surface area contributed by atoms with Crippen molar-refractivity contribution in [3.8, 4) is 0 Å². The molecular formula is C10H15FO3S. The van der Waals surface area contributed by atoms with Crippen molar-refractivity contribution in [1.82, 2.24) is 0 Å². The average Bonchev–Trinajstić information content (AvgIpc) is 2.34. The van der Waals surface area contributed by atoms with Crippen molar-refractivity contribution in [2.75, 3.05) is 5.75 Å². The third kappa shape index (κ3) is 1.35. The van der Waals surface area contributed by atoms with Crippen molar-refractivity contribution in [2.24, 2.45) is 16.7 Å². The summed E-state index contributed by atoms with van der Waals surface area (Å²) in [5, 5.41) is 0. The zero-order valence-electron chi connectivity index (χ0n) is 8.92. The molecule has 0 aromatic carbocycles. The van der Waals surface area contributed by atoms with Crippen LogP contribution in [-0.4, -0.2) is 20.0 Å². The first-order valence-electron chi connectivity index (χ1n) is 5.15. The number of hydrogen-bond acceptors (Lipinski definition) is 3. The topological polar surface area (TPSA) is 51.2 Å². The number of Topliss-reactive ketones (excluding diaryl/α,β-unsaturated/α-hetero) is 1. The van der Waals surface area contributed by atoms with E-state index in [9.17, 15) is 17.1 Å². The molecule has 15 heavy (non-hydrogen) atoms. The van der Waals surface area contributed by atoms with Crippen molar-refractivity contribution in [1.29, 1.82) is 0 Å². The number of rotatable bonds is 2. The minimum absolute atomic E-state index is 0.0648. The van der Waals surface area contributed by atoms with Gasteiger partial charge in [0.15, 0.2) is 0 Å². The minimum atomic E-state index is -4.58. The Morgan fingerprint density at radius 1 is 1.47 bits per heavy atom. The highest BCUT2D eigenvalue weighted by Gasteiger charge is 2.65. The van der Waals surface area contributed by atoms with E-state index in [0.717, 1.165) is 6.42 Å². The first-order valence-corrected chi connectivity index (χ1v) is 6.70. The lowest BCUT2D eigenvalue weighted by molar-refractivity contribution is -0.128. The number of ketones is 1. The molecule has 2 fully saturated rings. The Kier molecular flexibility index (Phi) is 2.07. The number of halogens is 1. The van der Waals surface area contributed by atoms with E-state index in [1.54, 1.807) is 0 Å². The largest absolute Gasteiger partial charge is 0.303 e. The van der Waals surface area contributed by atoms with Crippen molar-refractivity contribution >= 4 is 16.0 Å². The molecule has 3 nitrogen and oxygen atoms in total. The van der Waals surface area contributed by atoms with Gasteiger partial charge in [-0.1, -0.05) is 13.8 Å². The Morgan fingerprint density at radius 2 is 2.07 bits per heavy atom. The van der Waals surface area contributed by atoms with E-state index in [-0.39, 0.29) is 17.1 Å². The highest BCUT2D eigenvalue weighted by atomic mass is 32.3. The van der Waals surface area contributed by atoms with Gasteiger partial charge in [0, 0.05) is 6.42 Å². The van der Waals surface area contributed by atoms with Gasteiger partial charge in [-0.2, -0.15) is 8.42 Å². The second-order valence-electron chi connectivity index (χ2n) is 5.35. The minimum Gasteiger partial charge on any atom is -0.299 e. The van der Waals surface area contributed by atoms with Gasteiger partial charge < -0.3 is 0 Å². The number of hydrogen-bond donors (Lipinski definition) is 0. The van der Waals surface area contributed by atoms with E-state index in [1.165, 1.54) is 0 Å². The molecule has 0 aliphatic heterocycles. The Hall–Kier alpha value is -0.450. The fourth-order valence-electron chi connectivity index (χ4n) is 3.40. The molecule has 2 saturated carbocycles. The number of carbonyl (C=O) groups excluding carboxylic acids is 1. The van der Waals surface area contributed by atoms with Gasteiger partial charge in [0.1, 0.15) is 5.78 Å². The van der Waals surface area contributed by atoms with Gasteiger partial charge in [-0.05, 0) is 24.2 Å². The summed E-state index contributed by atoms with van der Waals surface area (Å²) in [5.41, 5.74) is -1.32. The normalized spacial score (nSPS) is 38.6. The Bertz CT molecular complexity index is 412.